The molecule has 1 saturated carbocycles. The highest BCUT2D eigenvalue weighted by Gasteiger charge is 2.23. The lowest BCUT2D eigenvalue weighted by Crippen LogP contribution is -2.25. The summed E-state index contributed by atoms with van der Waals surface area (Å²) in [5.41, 5.74) is 11.3. The number of nitrogens with two attached hydrogens (primary N) is 1. The van der Waals surface area contributed by atoms with E-state index in [9.17, 15) is 9.59 Å². The molecule has 3 aromatic carbocycles. The lowest BCUT2D eigenvalue weighted by molar-refractivity contribution is -0.152. The number of esters is 2. The zero-order valence-electron chi connectivity index (χ0n) is 23.0. The molecule has 4 N–H and O–H groups in total. The van der Waals surface area contributed by atoms with E-state index in [0.717, 1.165) is 47.9 Å². The van der Waals surface area contributed by atoms with Crippen molar-refractivity contribution in [2.24, 2.45) is 0 Å². The summed E-state index contributed by atoms with van der Waals surface area (Å²) >= 11 is 0. The van der Waals surface area contributed by atoms with Crippen molar-refractivity contribution in [3.8, 4) is 22.5 Å². The second-order valence-corrected chi connectivity index (χ2v) is 10.3. The zero-order valence-corrected chi connectivity index (χ0v) is 23.0. The van der Waals surface area contributed by atoms with Crippen LogP contribution in [-0.4, -0.2) is 44.8 Å². The average molecular weight is 555 g/mol. The van der Waals surface area contributed by atoms with E-state index in [-0.39, 0.29) is 18.5 Å². The Morgan fingerprint density at radius 2 is 1.76 bits per heavy atom. The van der Waals surface area contributed by atoms with Crippen LogP contribution in [0.2, 0.25) is 0 Å². The molecule has 0 amide bonds. The number of ether oxygens (including phenoxy) is 2. The van der Waals surface area contributed by atoms with Crippen molar-refractivity contribution in [2.45, 2.75) is 64.2 Å². The van der Waals surface area contributed by atoms with Crippen LogP contribution < -0.4 is 11.1 Å². The normalized spacial score (nSPS) is 14.3. The molecular formula is C31H34N6O4. The van der Waals surface area contributed by atoms with E-state index in [1.807, 2.05) is 48.5 Å². The number of para-hydroxylation sites is 1. The molecule has 1 fully saturated rings. The summed E-state index contributed by atoms with van der Waals surface area (Å²) in [5.74, 6) is -0.363. The number of hydrogen-bond acceptors (Lipinski definition) is 9. The van der Waals surface area contributed by atoms with Crippen LogP contribution in [0.3, 0.4) is 0 Å². The highest BCUT2D eigenvalue weighted by Crippen LogP contribution is 2.30. The molecule has 1 aromatic heterocycles. The predicted molar refractivity (Wildman–Crippen MR) is 156 cm³/mol. The lowest BCUT2D eigenvalue weighted by Gasteiger charge is -2.22. The Kier molecular flexibility index (Phi) is 8.88. The molecule has 10 heteroatoms. The first kappa shape index (κ1) is 27.8. The minimum Gasteiger partial charge on any atom is -0.462 e. The molecule has 1 aliphatic carbocycles. The summed E-state index contributed by atoms with van der Waals surface area (Å²) in [6, 6.07) is 21.0. The number of nitrogen functional groups attached to an aromatic ring is 1. The van der Waals surface area contributed by atoms with E-state index in [4.69, 9.17) is 15.2 Å². The van der Waals surface area contributed by atoms with E-state index in [0.29, 0.717) is 29.3 Å². The molecule has 5 rings (SSSR count). The molecule has 0 aliphatic heterocycles. The molecule has 0 spiro atoms. The third-order valence-corrected chi connectivity index (χ3v) is 7.18. The topological polar surface area (TPSA) is 145 Å². The van der Waals surface area contributed by atoms with Crippen LogP contribution in [0.25, 0.3) is 22.5 Å². The third-order valence-electron chi connectivity index (χ3n) is 7.18. The molecule has 41 heavy (non-hydrogen) atoms. The molecule has 1 aliphatic rings. The number of hydrogen-bond donors (Lipinski definition) is 3. The molecule has 1 unspecified atom stereocenters. The number of H-pyrrole nitrogens is 1. The first-order valence-electron chi connectivity index (χ1n) is 13.9. The van der Waals surface area contributed by atoms with Crippen molar-refractivity contribution in [1.29, 1.82) is 0 Å². The maximum Gasteiger partial charge on any atom is 0.340 e. The first-order chi connectivity index (χ1) is 20.0. The van der Waals surface area contributed by atoms with Gasteiger partial charge >= 0.3 is 11.9 Å². The van der Waals surface area contributed by atoms with E-state index < -0.39 is 12.1 Å². The number of aromatic amines is 1. The van der Waals surface area contributed by atoms with Gasteiger partial charge in [-0.25, -0.2) is 4.79 Å². The fraction of sp³-hybridized carbons (Fsp3) is 0.323. The number of anilines is 2. The average Bonchev–Trinajstić information content (AvgIpc) is 3.52. The Labute approximate surface area is 238 Å². The summed E-state index contributed by atoms with van der Waals surface area (Å²) in [7, 11) is 0. The second-order valence-electron chi connectivity index (χ2n) is 10.3. The van der Waals surface area contributed by atoms with Gasteiger partial charge in [0.25, 0.3) is 0 Å². The van der Waals surface area contributed by atoms with Crippen molar-refractivity contribution in [2.75, 3.05) is 11.1 Å². The van der Waals surface area contributed by atoms with Crippen LogP contribution in [0.1, 0.15) is 61.4 Å². The summed E-state index contributed by atoms with van der Waals surface area (Å²) in [4.78, 5) is 25.4. The van der Waals surface area contributed by atoms with Crippen LogP contribution in [0.5, 0.6) is 0 Å². The Balaban J connectivity index is 1.21. The fourth-order valence-corrected chi connectivity index (χ4v) is 5.08. The lowest BCUT2D eigenvalue weighted by atomic mass is 9.98. The van der Waals surface area contributed by atoms with Crippen LogP contribution >= 0.6 is 0 Å². The Hall–Kier alpha value is -4.73. The van der Waals surface area contributed by atoms with Crippen LogP contribution in [0.15, 0.2) is 66.7 Å². The zero-order chi connectivity index (χ0) is 28.6. The van der Waals surface area contributed by atoms with E-state index in [1.165, 1.54) is 6.42 Å². The van der Waals surface area contributed by atoms with Crippen LogP contribution in [0, 0.1) is 0 Å². The number of tetrazole rings is 1. The van der Waals surface area contributed by atoms with Crippen LogP contribution in [0.4, 0.5) is 11.4 Å². The minimum atomic E-state index is -0.629. The number of carbonyl (C=O) groups is 2. The molecule has 0 saturated heterocycles. The molecular weight excluding hydrogens is 520 g/mol. The molecule has 0 radical (unpaired) electrons. The Morgan fingerprint density at radius 1 is 1.00 bits per heavy atom. The monoisotopic (exact) mass is 554 g/mol. The predicted octanol–water partition coefficient (Wildman–Crippen LogP) is 5.54. The number of benzene rings is 3. The molecule has 10 nitrogen and oxygen atoms in total. The maximum atomic E-state index is 13.1. The van der Waals surface area contributed by atoms with E-state index >= 15 is 0 Å². The third kappa shape index (κ3) is 7.08. The van der Waals surface area contributed by atoms with Gasteiger partial charge in [0.05, 0.1) is 23.4 Å². The van der Waals surface area contributed by atoms with Gasteiger partial charge < -0.3 is 20.5 Å². The van der Waals surface area contributed by atoms with Gasteiger partial charge in [0.2, 0.25) is 5.82 Å². The summed E-state index contributed by atoms with van der Waals surface area (Å²) in [5, 5.41) is 17.7. The number of nitrogens with one attached hydrogen (secondary N) is 2. The maximum absolute atomic E-state index is 13.1. The fourth-order valence-electron chi connectivity index (χ4n) is 5.08. The number of carbonyl (C=O) groups excluding carboxylic acids is 2. The van der Waals surface area contributed by atoms with Crippen molar-refractivity contribution in [1.82, 2.24) is 20.6 Å². The quantitative estimate of drug-likeness (QED) is 0.170. The van der Waals surface area contributed by atoms with Crippen molar-refractivity contribution in [3.05, 3.63) is 77.9 Å². The number of nitrogens with zero attached hydrogens (tertiary/aromatic N) is 3. The minimum absolute atomic E-state index is 0.00944. The SMILES string of the molecule is CC(CC(=O)OC1CCCCC1)OC(=O)c1cccc(N)c1NCc1ccc(-c2ccccc2-c2nn[nH]n2)cc1. The Morgan fingerprint density at radius 3 is 2.49 bits per heavy atom. The molecule has 212 valence electrons. The second kappa shape index (κ2) is 13.1. The van der Waals surface area contributed by atoms with Gasteiger partial charge in [0.15, 0.2) is 0 Å². The molecule has 1 atom stereocenters. The van der Waals surface area contributed by atoms with E-state index in [2.05, 4.69) is 25.9 Å². The van der Waals surface area contributed by atoms with Gasteiger partial charge in [-0.1, -0.05) is 61.0 Å². The smallest absolute Gasteiger partial charge is 0.340 e. The summed E-state index contributed by atoms with van der Waals surface area (Å²) in [6.07, 6.45) is 4.48. The standard InChI is InChI=1S/C31H34N6O4/c1-20(18-28(38)41-23-8-3-2-4-9-23)40-31(39)26-12-7-13-27(32)29(26)33-19-21-14-16-22(17-15-21)24-10-5-6-11-25(24)30-34-36-37-35-30/h5-7,10-17,20,23,33H,2-4,8-9,18-19,32H2,1H3,(H,34,35,36,37). The largest absolute Gasteiger partial charge is 0.462 e. The molecule has 0 bridgehead atoms. The van der Waals surface area contributed by atoms with Gasteiger partial charge in [-0.15, -0.1) is 10.2 Å². The van der Waals surface area contributed by atoms with Gasteiger partial charge in [-0.3, -0.25) is 4.79 Å². The van der Waals surface area contributed by atoms with Gasteiger partial charge in [0.1, 0.15) is 12.2 Å². The van der Waals surface area contributed by atoms with Gasteiger partial charge in [-0.05, 0) is 66.6 Å². The number of aromatic nitrogens is 4. The van der Waals surface area contributed by atoms with Crippen molar-refractivity contribution < 1.29 is 19.1 Å². The van der Waals surface area contributed by atoms with Gasteiger partial charge in [-0.2, -0.15) is 5.21 Å². The molecule has 1 heterocycles. The van der Waals surface area contributed by atoms with Crippen molar-refractivity contribution >= 4 is 23.3 Å². The Bertz CT molecular complexity index is 1470. The first-order valence-corrected chi connectivity index (χ1v) is 13.9. The van der Waals surface area contributed by atoms with E-state index in [1.54, 1.807) is 25.1 Å². The van der Waals surface area contributed by atoms with Crippen molar-refractivity contribution in [3.63, 3.8) is 0 Å². The highest BCUT2D eigenvalue weighted by atomic mass is 16.6. The summed E-state index contributed by atoms with van der Waals surface area (Å²) in [6.45, 7) is 2.13. The van der Waals surface area contributed by atoms with Gasteiger partial charge in [0, 0.05) is 12.1 Å². The summed E-state index contributed by atoms with van der Waals surface area (Å²) < 4.78 is 11.2. The highest BCUT2D eigenvalue weighted by molar-refractivity contribution is 5.99. The van der Waals surface area contributed by atoms with Crippen LogP contribution in [-0.2, 0) is 20.8 Å². The number of rotatable bonds is 10. The molecule has 4 aromatic rings.